The second kappa shape index (κ2) is 6.97. The van der Waals surface area contributed by atoms with Crippen molar-refractivity contribution in [2.45, 2.75) is 17.1 Å². The molecule has 0 aliphatic heterocycles. The van der Waals surface area contributed by atoms with Crippen LogP contribution in [0.5, 0.6) is 0 Å². The van der Waals surface area contributed by atoms with Gasteiger partial charge >= 0.3 is 0 Å². The Labute approximate surface area is 131 Å². The number of nitrogens with zero attached hydrogens (tertiary/aromatic N) is 1. The van der Waals surface area contributed by atoms with Crippen molar-refractivity contribution in [2.75, 3.05) is 5.32 Å². The minimum Gasteiger partial charge on any atom is -0.310 e. The zero-order valence-electron chi connectivity index (χ0n) is 10.6. The molecule has 1 aromatic heterocycles. The summed E-state index contributed by atoms with van der Waals surface area (Å²) in [5, 5.41) is 3.67. The van der Waals surface area contributed by atoms with Gasteiger partial charge in [0.05, 0.1) is 10.3 Å². The fraction of sp³-hybridized carbons (Fsp3) is 0.143. The largest absolute Gasteiger partial charge is 0.310 e. The van der Waals surface area contributed by atoms with Gasteiger partial charge in [-0.2, -0.15) is 0 Å². The summed E-state index contributed by atoms with van der Waals surface area (Å²) < 4.78 is 0. The Morgan fingerprint density at radius 3 is 2.70 bits per heavy atom. The van der Waals surface area contributed by atoms with Crippen LogP contribution < -0.4 is 5.32 Å². The molecule has 0 aliphatic rings. The molecule has 1 heterocycles. The van der Waals surface area contributed by atoms with Crippen LogP contribution in [0.2, 0.25) is 10.0 Å². The molecule has 0 fully saturated rings. The lowest BCUT2D eigenvalue weighted by Gasteiger charge is -2.11. The summed E-state index contributed by atoms with van der Waals surface area (Å²) in [5.41, 5.74) is 0. The first kappa shape index (κ1) is 15.2. The smallest absolute Gasteiger partial charge is 0.238 e. The molecule has 3 nitrogen and oxygen atoms in total. The molecule has 0 radical (unpaired) electrons. The summed E-state index contributed by atoms with van der Waals surface area (Å²) in [6, 6.07) is 10.7. The number of carbonyl (C=O) groups excluding carboxylic acids is 1. The van der Waals surface area contributed by atoms with Gasteiger partial charge in [-0.05, 0) is 37.3 Å². The third-order valence-electron chi connectivity index (χ3n) is 2.46. The molecule has 1 unspecified atom stereocenters. The van der Waals surface area contributed by atoms with E-state index in [1.165, 1.54) is 18.0 Å². The van der Waals surface area contributed by atoms with E-state index in [1.54, 1.807) is 18.2 Å². The van der Waals surface area contributed by atoms with E-state index in [0.29, 0.717) is 15.9 Å². The van der Waals surface area contributed by atoms with Crippen LogP contribution in [0.15, 0.2) is 47.5 Å². The number of pyridine rings is 1. The van der Waals surface area contributed by atoms with Crippen LogP contribution in [0.25, 0.3) is 0 Å². The topological polar surface area (TPSA) is 42.0 Å². The molecule has 0 saturated heterocycles. The van der Waals surface area contributed by atoms with E-state index in [9.17, 15) is 4.79 Å². The standard InChI is InChI=1S/C14H12Cl2N2OS/c1-9(20-12-4-2-3-10(15)7-12)14(19)18-13-6-5-11(16)8-17-13/h2-9H,1H3,(H,17,18,19). The van der Waals surface area contributed by atoms with Gasteiger partial charge in [-0.25, -0.2) is 4.98 Å². The van der Waals surface area contributed by atoms with Gasteiger partial charge in [0.15, 0.2) is 0 Å². The normalized spacial score (nSPS) is 11.9. The first-order chi connectivity index (χ1) is 9.54. The molecule has 0 saturated carbocycles. The van der Waals surface area contributed by atoms with Gasteiger partial charge in [-0.15, -0.1) is 11.8 Å². The number of nitrogens with one attached hydrogen (secondary N) is 1. The quantitative estimate of drug-likeness (QED) is 0.840. The minimum atomic E-state index is -0.258. The average Bonchev–Trinajstić information content (AvgIpc) is 2.41. The van der Waals surface area contributed by atoms with E-state index in [-0.39, 0.29) is 11.2 Å². The highest BCUT2D eigenvalue weighted by Crippen LogP contribution is 2.26. The summed E-state index contributed by atoms with van der Waals surface area (Å²) in [6.07, 6.45) is 1.49. The summed E-state index contributed by atoms with van der Waals surface area (Å²) in [5.74, 6) is 0.364. The number of anilines is 1. The van der Waals surface area contributed by atoms with Crippen molar-refractivity contribution in [1.82, 2.24) is 4.98 Å². The first-order valence-corrected chi connectivity index (χ1v) is 7.53. The monoisotopic (exact) mass is 326 g/mol. The molecular weight excluding hydrogens is 315 g/mol. The van der Waals surface area contributed by atoms with E-state index in [1.807, 2.05) is 25.1 Å². The van der Waals surface area contributed by atoms with Crippen LogP contribution in [0.3, 0.4) is 0 Å². The van der Waals surface area contributed by atoms with Gasteiger partial charge in [0.2, 0.25) is 5.91 Å². The molecule has 0 bridgehead atoms. The molecule has 0 spiro atoms. The van der Waals surface area contributed by atoms with E-state index >= 15 is 0 Å². The third-order valence-corrected chi connectivity index (χ3v) is 4.01. The number of thioether (sulfide) groups is 1. The second-order valence-electron chi connectivity index (χ2n) is 4.07. The predicted octanol–water partition coefficient (Wildman–Crippen LogP) is 4.51. The second-order valence-corrected chi connectivity index (χ2v) is 6.36. The van der Waals surface area contributed by atoms with E-state index in [2.05, 4.69) is 10.3 Å². The minimum absolute atomic E-state index is 0.121. The zero-order valence-corrected chi connectivity index (χ0v) is 13.0. The van der Waals surface area contributed by atoms with E-state index in [4.69, 9.17) is 23.2 Å². The summed E-state index contributed by atoms with van der Waals surface area (Å²) in [7, 11) is 0. The Balaban J connectivity index is 1.96. The SMILES string of the molecule is CC(Sc1cccc(Cl)c1)C(=O)Nc1ccc(Cl)cn1. The highest BCUT2D eigenvalue weighted by Gasteiger charge is 2.15. The predicted molar refractivity (Wildman–Crippen MR) is 84.6 cm³/mol. The van der Waals surface area contributed by atoms with Crippen LogP contribution in [0.4, 0.5) is 5.82 Å². The van der Waals surface area contributed by atoms with E-state index < -0.39 is 0 Å². The maximum atomic E-state index is 12.0. The van der Waals surface area contributed by atoms with E-state index in [0.717, 1.165) is 4.90 Å². The summed E-state index contributed by atoms with van der Waals surface area (Å²) in [4.78, 5) is 17.0. The van der Waals surface area contributed by atoms with Crippen LogP contribution in [-0.4, -0.2) is 16.1 Å². The van der Waals surface area contributed by atoms with Gasteiger partial charge < -0.3 is 5.32 Å². The number of halogens is 2. The lowest BCUT2D eigenvalue weighted by molar-refractivity contribution is -0.115. The highest BCUT2D eigenvalue weighted by molar-refractivity contribution is 8.00. The van der Waals surface area contributed by atoms with Crippen LogP contribution in [0.1, 0.15) is 6.92 Å². The Hall–Kier alpha value is -1.23. The van der Waals surface area contributed by atoms with Crippen LogP contribution in [0, 0.1) is 0 Å². The third kappa shape index (κ3) is 4.40. The van der Waals surface area contributed by atoms with Crippen molar-refractivity contribution in [3.05, 3.63) is 52.6 Å². The van der Waals surface area contributed by atoms with Crippen LogP contribution in [-0.2, 0) is 4.79 Å². The number of hydrogen-bond donors (Lipinski definition) is 1. The Morgan fingerprint density at radius 1 is 1.25 bits per heavy atom. The number of aromatic nitrogens is 1. The lowest BCUT2D eigenvalue weighted by atomic mass is 10.4. The molecule has 1 atom stereocenters. The fourth-order valence-corrected chi connectivity index (χ4v) is 2.77. The molecule has 6 heteroatoms. The number of benzene rings is 1. The Bertz CT molecular complexity index is 604. The molecule has 1 N–H and O–H groups in total. The van der Waals surface area contributed by atoms with Crippen molar-refractivity contribution in [3.63, 3.8) is 0 Å². The molecule has 1 amide bonds. The van der Waals surface area contributed by atoms with Crippen molar-refractivity contribution in [2.24, 2.45) is 0 Å². The molecule has 0 aliphatic carbocycles. The van der Waals surface area contributed by atoms with Crippen LogP contribution >= 0.6 is 35.0 Å². The van der Waals surface area contributed by atoms with Gasteiger partial charge in [-0.3, -0.25) is 4.79 Å². The summed E-state index contributed by atoms with van der Waals surface area (Å²) in [6.45, 7) is 1.83. The van der Waals surface area contributed by atoms with Gasteiger partial charge in [0, 0.05) is 16.1 Å². The molecule has 104 valence electrons. The maximum Gasteiger partial charge on any atom is 0.238 e. The zero-order chi connectivity index (χ0) is 14.5. The lowest BCUT2D eigenvalue weighted by Crippen LogP contribution is -2.22. The molecule has 1 aromatic carbocycles. The molecule has 20 heavy (non-hydrogen) atoms. The molecule has 2 rings (SSSR count). The first-order valence-electron chi connectivity index (χ1n) is 5.89. The van der Waals surface area contributed by atoms with Gasteiger partial charge in [0.25, 0.3) is 0 Å². The van der Waals surface area contributed by atoms with Gasteiger partial charge in [-0.1, -0.05) is 29.3 Å². The number of hydrogen-bond acceptors (Lipinski definition) is 3. The van der Waals surface area contributed by atoms with Crippen molar-refractivity contribution >= 4 is 46.7 Å². The average molecular weight is 327 g/mol. The van der Waals surface area contributed by atoms with Crippen molar-refractivity contribution in [1.29, 1.82) is 0 Å². The van der Waals surface area contributed by atoms with Gasteiger partial charge in [0.1, 0.15) is 5.82 Å². The maximum absolute atomic E-state index is 12.0. The number of amides is 1. The Kier molecular flexibility index (Phi) is 5.29. The Morgan fingerprint density at radius 2 is 2.05 bits per heavy atom. The number of carbonyl (C=O) groups is 1. The van der Waals surface area contributed by atoms with Crippen molar-refractivity contribution < 1.29 is 4.79 Å². The highest BCUT2D eigenvalue weighted by atomic mass is 35.5. The summed E-state index contributed by atoms with van der Waals surface area (Å²) >= 11 is 13.1. The molecule has 2 aromatic rings. The molecular formula is C14H12Cl2N2OS. The fourth-order valence-electron chi connectivity index (χ4n) is 1.48. The van der Waals surface area contributed by atoms with Crippen molar-refractivity contribution in [3.8, 4) is 0 Å². The number of rotatable bonds is 4.